The molecule has 0 saturated carbocycles. The third-order valence-corrected chi connectivity index (χ3v) is 3.15. The van der Waals surface area contributed by atoms with Gasteiger partial charge in [0.15, 0.2) is 0 Å². The summed E-state index contributed by atoms with van der Waals surface area (Å²) in [6.07, 6.45) is 0. The molecule has 19 heavy (non-hydrogen) atoms. The summed E-state index contributed by atoms with van der Waals surface area (Å²) >= 11 is 11.7. The Hall–Kier alpha value is -1.45. The van der Waals surface area contributed by atoms with Gasteiger partial charge in [-0.3, -0.25) is 0 Å². The van der Waals surface area contributed by atoms with E-state index in [4.69, 9.17) is 27.9 Å². The number of halogens is 3. The Kier molecular flexibility index (Phi) is 4.51. The maximum absolute atomic E-state index is 13.0. The molecule has 2 nitrogen and oxygen atoms in total. The SMILES string of the molecule is COc1ccc(Cl)cc1NCc1ccc(F)c(Cl)c1. The number of methoxy groups -OCH3 is 1. The Bertz CT molecular complexity index is 590. The van der Waals surface area contributed by atoms with Crippen molar-refractivity contribution in [2.45, 2.75) is 6.54 Å². The van der Waals surface area contributed by atoms with Gasteiger partial charge in [0.25, 0.3) is 0 Å². The molecule has 5 heteroatoms. The Morgan fingerprint density at radius 1 is 1.16 bits per heavy atom. The van der Waals surface area contributed by atoms with E-state index in [1.165, 1.54) is 6.07 Å². The van der Waals surface area contributed by atoms with Crippen LogP contribution in [0.1, 0.15) is 5.56 Å². The van der Waals surface area contributed by atoms with Crippen molar-refractivity contribution in [3.63, 3.8) is 0 Å². The van der Waals surface area contributed by atoms with Crippen molar-refractivity contribution in [1.82, 2.24) is 0 Å². The summed E-state index contributed by atoms with van der Waals surface area (Å²) < 4.78 is 18.3. The summed E-state index contributed by atoms with van der Waals surface area (Å²) in [7, 11) is 1.59. The second kappa shape index (κ2) is 6.13. The minimum absolute atomic E-state index is 0.109. The van der Waals surface area contributed by atoms with Gasteiger partial charge in [0.05, 0.1) is 17.8 Å². The van der Waals surface area contributed by atoms with Gasteiger partial charge < -0.3 is 10.1 Å². The first-order chi connectivity index (χ1) is 9.10. The molecule has 0 heterocycles. The smallest absolute Gasteiger partial charge is 0.142 e. The molecule has 2 aromatic carbocycles. The van der Waals surface area contributed by atoms with E-state index in [0.717, 1.165) is 11.3 Å². The van der Waals surface area contributed by atoms with E-state index in [0.29, 0.717) is 17.3 Å². The summed E-state index contributed by atoms with van der Waals surface area (Å²) in [6.45, 7) is 0.497. The molecule has 2 rings (SSSR count). The number of rotatable bonds is 4. The Morgan fingerprint density at radius 3 is 2.63 bits per heavy atom. The zero-order chi connectivity index (χ0) is 13.8. The summed E-state index contributed by atoms with van der Waals surface area (Å²) in [5.74, 6) is 0.267. The highest BCUT2D eigenvalue weighted by Crippen LogP contribution is 2.28. The quantitative estimate of drug-likeness (QED) is 0.879. The van der Waals surface area contributed by atoms with Crippen LogP contribution in [0.5, 0.6) is 5.75 Å². The van der Waals surface area contributed by atoms with Gasteiger partial charge in [0.1, 0.15) is 11.6 Å². The van der Waals surface area contributed by atoms with Gasteiger partial charge in [-0.15, -0.1) is 0 Å². The molecule has 0 atom stereocenters. The summed E-state index contributed by atoms with van der Waals surface area (Å²) in [5.41, 5.74) is 1.64. The predicted molar refractivity (Wildman–Crippen MR) is 76.7 cm³/mol. The van der Waals surface area contributed by atoms with E-state index in [2.05, 4.69) is 5.32 Å². The van der Waals surface area contributed by atoms with Crippen LogP contribution in [0.15, 0.2) is 36.4 Å². The Morgan fingerprint density at radius 2 is 1.95 bits per heavy atom. The summed E-state index contributed by atoms with van der Waals surface area (Å²) in [5, 5.41) is 3.90. The molecule has 0 unspecified atom stereocenters. The molecule has 0 aliphatic carbocycles. The standard InChI is InChI=1S/C14H12Cl2FNO/c1-19-14-5-3-10(15)7-13(14)18-8-9-2-4-12(17)11(16)6-9/h2-7,18H,8H2,1H3. The number of nitrogens with one attached hydrogen (secondary N) is 1. The van der Waals surface area contributed by atoms with Gasteiger partial charge in [-0.1, -0.05) is 29.3 Å². The van der Waals surface area contributed by atoms with Crippen molar-refractivity contribution in [2.75, 3.05) is 12.4 Å². The van der Waals surface area contributed by atoms with Crippen molar-refractivity contribution in [1.29, 1.82) is 0 Å². The molecule has 0 bridgehead atoms. The normalized spacial score (nSPS) is 10.3. The zero-order valence-electron chi connectivity index (χ0n) is 10.2. The number of anilines is 1. The van der Waals surface area contributed by atoms with E-state index in [1.807, 2.05) is 0 Å². The van der Waals surface area contributed by atoms with Gasteiger partial charge in [-0.05, 0) is 35.9 Å². The number of ether oxygens (including phenoxy) is 1. The lowest BCUT2D eigenvalue weighted by molar-refractivity contribution is 0.416. The maximum atomic E-state index is 13.0. The second-order valence-electron chi connectivity index (χ2n) is 3.95. The molecule has 0 aliphatic heterocycles. The molecule has 2 aromatic rings. The van der Waals surface area contributed by atoms with Crippen LogP contribution in [0.25, 0.3) is 0 Å². The highest BCUT2D eigenvalue weighted by molar-refractivity contribution is 6.31. The maximum Gasteiger partial charge on any atom is 0.142 e. The van der Waals surface area contributed by atoms with E-state index >= 15 is 0 Å². The minimum Gasteiger partial charge on any atom is -0.495 e. The lowest BCUT2D eigenvalue weighted by atomic mass is 10.2. The first kappa shape index (κ1) is 14.0. The van der Waals surface area contributed by atoms with E-state index in [-0.39, 0.29) is 5.02 Å². The van der Waals surface area contributed by atoms with Gasteiger partial charge in [-0.25, -0.2) is 4.39 Å². The third-order valence-electron chi connectivity index (χ3n) is 2.63. The highest BCUT2D eigenvalue weighted by atomic mass is 35.5. The summed E-state index contributed by atoms with van der Waals surface area (Å²) in [4.78, 5) is 0. The van der Waals surface area contributed by atoms with Crippen LogP contribution in [-0.4, -0.2) is 7.11 Å². The van der Waals surface area contributed by atoms with Crippen LogP contribution in [0.3, 0.4) is 0 Å². The lowest BCUT2D eigenvalue weighted by Gasteiger charge is -2.11. The molecule has 0 aliphatic rings. The predicted octanol–water partition coefficient (Wildman–Crippen LogP) is 4.75. The number of benzene rings is 2. The highest BCUT2D eigenvalue weighted by Gasteiger charge is 2.05. The van der Waals surface area contributed by atoms with Gasteiger partial charge in [0.2, 0.25) is 0 Å². The average Bonchev–Trinajstić information content (AvgIpc) is 2.40. The Labute approximate surface area is 121 Å². The summed E-state index contributed by atoms with van der Waals surface area (Å²) in [6, 6.07) is 9.90. The van der Waals surface area contributed by atoms with Gasteiger partial charge in [-0.2, -0.15) is 0 Å². The largest absolute Gasteiger partial charge is 0.495 e. The molecular formula is C14H12Cl2FNO. The van der Waals surface area contributed by atoms with Crippen LogP contribution in [0, 0.1) is 5.82 Å². The molecule has 0 aromatic heterocycles. The fraction of sp³-hybridized carbons (Fsp3) is 0.143. The average molecular weight is 300 g/mol. The lowest BCUT2D eigenvalue weighted by Crippen LogP contribution is -2.01. The first-order valence-electron chi connectivity index (χ1n) is 5.61. The van der Waals surface area contributed by atoms with Crippen molar-refractivity contribution < 1.29 is 9.13 Å². The topological polar surface area (TPSA) is 21.3 Å². The molecule has 0 amide bonds. The monoisotopic (exact) mass is 299 g/mol. The second-order valence-corrected chi connectivity index (χ2v) is 4.79. The van der Waals surface area contributed by atoms with E-state index in [9.17, 15) is 4.39 Å². The zero-order valence-corrected chi connectivity index (χ0v) is 11.7. The molecule has 1 N–H and O–H groups in total. The molecule has 0 spiro atoms. The van der Waals surface area contributed by atoms with Crippen LogP contribution < -0.4 is 10.1 Å². The van der Waals surface area contributed by atoms with Crippen LogP contribution in [0.2, 0.25) is 10.0 Å². The van der Waals surface area contributed by atoms with Crippen LogP contribution in [0.4, 0.5) is 10.1 Å². The molecular weight excluding hydrogens is 288 g/mol. The fourth-order valence-electron chi connectivity index (χ4n) is 1.67. The van der Waals surface area contributed by atoms with Crippen LogP contribution in [-0.2, 0) is 6.54 Å². The number of hydrogen-bond donors (Lipinski definition) is 1. The molecule has 0 radical (unpaired) electrons. The van der Waals surface area contributed by atoms with Crippen molar-refractivity contribution in [2.24, 2.45) is 0 Å². The van der Waals surface area contributed by atoms with Crippen molar-refractivity contribution >= 4 is 28.9 Å². The van der Waals surface area contributed by atoms with Crippen molar-refractivity contribution in [3.05, 3.63) is 57.8 Å². The van der Waals surface area contributed by atoms with Gasteiger partial charge >= 0.3 is 0 Å². The first-order valence-corrected chi connectivity index (χ1v) is 6.37. The minimum atomic E-state index is -0.425. The Balaban J connectivity index is 2.13. The van der Waals surface area contributed by atoms with E-state index < -0.39 is 5.82 Å². The number of hydrogen-bond acceptors (Lipinski definition) is 2. The molecule has 0 saturated heterocycles. The molecule has 0 fully saturated rings. The third kappa shape index (κ3) is 3.52. The fourth-order valence-corrected chi connectivity index (χ4v) is 2.04. The van der Waals surface area contributed by atoms with E-state index in [1.54, 1.807) is 37.4 Å². The van der Waals surface area contributed by atoms with Gasteiger partial charge in [0, 0.05) is 11.6 Å². The van der Waals surface area contributed by atoms with Crippen LogP contribution >= 0.6 is 23.2 Å². The molecule has 100 valence electrons. The van der Waals surface area contributed by atoms with Crippen molar-refractivity contribution in [3.8, 4) is 5.75 Å².